The topological polar surface area (TPSA) is 75.7 Å². The molecule has 3 aromatic rings. The van der Waals surface area contributed by atoms with E-state index in [0.29, 0.717) is 5.69 Å². The summed E-state index contributed by atoms with van der Waals surface area (Å²) in [6.07, 6.45) is 2.12. The van der Waals surface area contributed by atoms with E-state index in [4.69, 9.17) is 4.74 Å². The van der Waals surface area contributed by atoms with Crippen molar-refractivity contribution >= 4 is 21.6 Å². The molecule has 1 amide bonds. The van der Waals surface area contributed by atoms with Gasteiger partial charge in [0.1, 0.15) is 18.9 Å². The fourth-order valence-electron chi connectivity index (χ4n) is 3.57. The number of para-hydroxylation sites is 1. The Kier molecular flexibility index (Phi) is 8.71. The fourth-order valence-corrected chi connectivity index (χ4v) is 5.05. The van der Waals surface area contributed by atoms with Crippen LogP contribution in [0.2, 0.25) is 0 Å². The highest BCUT2D eigenvalue weighted by Gasteiger charge is 2.28. The van der Waals surface area contributed by atoms with E-state index in [9.17, 15) is 13.2 Å². The van der Waals surface area contributed by atoms with Gasteiger partial charge in [-0.3, -0.25) is 9.10 Å². The number of amides is 1. The van der Waals surface area contributed by atoms with Gasteiger partial charge >= 0.3 is 0 Å². The first-order valence-corrected chi connectivity index (χ1v) is 12.9. The quantitative estimate of drug-likeness (QED) is 0.406. The van der Waals surface area contributed by atoms with Crippen molar-refractivity contribution in [3.63, 3.8) is 0 Å². The summed E-state index contributed by atoms with van der Waals surface area (Å²) in [6.45, 7) is 6.08. The molecule has 34 heavy (non-hydrogen) atoms. The fraction of sp³-hybridized carbons (Fsp3) is 0.296. The van der Waals surface area contributed by atoms with Gasteiger partial charge in [0.05, 0.1) is 17.1 Å². The van der Waals surface area contributed by atoms with Gasteiger partial charge in [0, 0.05) is 0 Å². The molecule has 3 aromatic carbocycles. The standard InChI is InChI=1S/C27H32N2O4S/c1-4-7-23-12-14-24(15-13-23)33-19-18-28-27(30)20-29(26-9-6-5-8-22(26)3)34(31,32)25-16-10-21(2)11-17-25/h5-6,8-17H,4,7,18-20H2,1-3H3,(H,28,30). The summed E-state index contributed by atoms with van der Waals surface area (Å²) in [4.78, 5) is 12.9. The molecular weight excluding hydrogens is 448 g/mol. The summed E-state index contributed by atoms with van der Waals surface area (Å²) in [6, 6.07) is 21.6. The Labute approximate surface area is 202 Å². The normalized spacial score (nSPS) is 11.1. The van der Waals surface area contributed by atoms with E-state index in [1.54, 1.807) is 36.4 Å². The molecule has 0 saturated heterocycles. The van der Waals surface area contributed by atoms with Crippen molar-refractivity contribution in [3.8, 4) is 5.75 Å². The molecule has 0 spiro atoms. The van der Waals surface area contributed by atoms with Crippen LogP contribution in [-0.4, -0.2) is 34.0 Å². The SMILES string of the molecule is CCCc1ccc(OCCNC(=O)CN(c2ccccc2C)S(=O)(=O)c2ccc(C)cc2)cc1. The summed E-state index contributed by atoms with van der Waals surface area (Å²) < 4.78 is 33.7. The summed E-state index contributed by atoms with van der Waals surface area (Å²) >= 11 is 0. The lowest BCUT2D eigenvalue weighted by Crippen LogP contribution is -2.42. The highest BCUT2D eigenvalue weighted by atomic mass is 32.2. The van der Waals surface area contributed by atoms with E-state index in [1.807, 2.05) is 50.2 Å². The molecule has 0 aliphatic carbocycles. The molecule has 6 nitrogen and oxygen atoms in total. The largest absolute Gasteiger partial charge is 0.492 e. The van der Waals surface area contributed by atoms with E-state index in [-0.39, 0.29) is 24.6 Å². The van der Waals surface area contributed by atoms with Crippen LogP contribution in [0.1, 0.15) is 30.0 Å². The first kappa shape index (κ1) is 25.3. The molecule has 0 radical (unpaired) electrons. The van der Waals surface area contributed by atoms with Gasteiger partial charge in [0.25, 0.3) is 10.0 Å². The monoisotopic (exact) mass is 480 g/mol. The summed E-state index contributed by atoms with van der Waals surface area (Å²) in [5.41, 5.74) is 3.45. The number of sulfonamides is 1. The van der Waals surface area contributed by atoms with Gasteiger partial charge in [-0.25, -0.2) is 8.42 Å². The minimum atomic E-state index is -3.93. The van der Waals surface area contributed by atoms with Crippen LogP contribution >= 0.6 is 0 Å². The molecule has 3 rings (SSSR count). The Morgan fingerprint density at radius 2 is 1.62 bits per heavy atom. The maximum Gasteiger partial charge on any atom is 0.264 e. The predicted octanol–water partition coefficient (Wildman–Crippen LogP) is 4.65. The summed E-state index contributed by atoms with van der Waals surface area (Å²) in [7, 11) is -3.93. The van der Waals surface area contributed by atoms with Gasteiger partial charge in [-0.05, 0) is 61.7 Å². The number of hydrogen-bond donors (Lipinski definition) is 1. The number of carbonyl (C=O) groups is 1. The zero-order valence-electron chi connectivity index (χ0n) is 20.0. The molecule has 0 atom stereocenters. The highest BCUT2D eigenvalue weighted by Crippen LogP contribution is 2.26. The van der Waals surface area contributed by atoms with Crippen LogP contribution < -0.4 is 14.4 Å². The Hall–Kier alpha value is -3.32. The van der Waals surface area contributed by atoms with Crippen molar-refractivity contribution in [3.05, 3.63) is 89.5 Å². The molecule has 0 heterocycles. The lowest BCUT2D eigenvalue weighted by molar-refractivity contribution is -0.119. The second-order valence-electron chi connectivity index (χ2n) is 8.20. The molecule has 0 aromatic heterocycles. The Bertz CT molecular complexity index is 1190. The van der Waals surface area contributed by atoms with Gasteiger partial charge < -0.3 is 10.1 Å². The van der Waals surface area contributed by atoms with Crippen LogP contribution in [0.25, 0.3) is 0 Å². The van der Waals surface area contributed by atoms with E-state index < -0.39 is 15.9 Å². The first-order chi connectivity index (χ1) is 16.3. The zero-order chi connectivity index (χ0) is 24.6. The first-order valence-electron chi connectivity index (χ1n) is 11.4. The minimum absolute atomic E-state index is 0.143. The second-order valence-corrected chi connectivity index (χ2v) is 10.1. The lowest BCUT2D eigenvalue weighted by atomic mass is 10.1. The minimum Gasteiger partial charge on any atom is -0.492 e. The number of nitrogens with one attached hydrogen (secondary N) is 1. The molecule has 0 aliphatic rings. The van der Waals surface area contributed by atoms with Crippen molar-refractivity contribution in [1.29, 1.82) is 0 Å². The third kappa shape index (κ3) is 6.60. The van der Waals surface area contributed by atoms with Crippen LogP contribution in [0.5, 0.6) is 5.75 Å². The number of hydrogen-bond acceptors (Lipinski definition) is 4. The molecule has 0 saturated carbocycles. The van der Waals surface area contributed by atoms with Gasteiger partial charge in [-0.2, -0.15) is 0 Å². The van der Waals surface area contributed by atoms with Crippen molar-refractivity contribution in [2.45, 2.75) is 38.5 Å². The smallest absolute Gasteiger partial charge is 0.264 e. The maximum atomic E-state index is 13.4. The molecule has 0 aliphatic heterocycles. The van der Waals surface area contributed by atoms with Crippen LogP contribution in [0.4, 0.5) is 5.69 Å². The Morgan fingerprint density at radius 3 is 2.26 bits per heavy atom. The Morgan fingerprint density at radius 1 is 0.941 bits per heavy atom. The van der Waals surface area contributed by atoms with Crippen LogP contribution in [0.3, 0.4) is 0 Å². The van der Waals surface area contributed by atoms with Gasteiger partial charge in [-0.1, -0.05) is 61.4 Å². The van der Waals surface area contributed by atoms with Gasteiger partial charge in [0.2, 0.25) is 5.91 Å². The maximum absolute atomic E-state index is 13.4. The van der Waals surface area contributed by atoms with Gasteiger partial charge in [0.15, 0.2) is 0 Å². The van der Waals surface area contributed by atoms with E-state index >= 15 is 0 Å². The second kappa shape index (κ2) is 11.7. The van der Waals surface area contributed by atoms with Crippen LogP contribution in [-0.2, 0) is 21.2 Å². The number of rotatable bonds is 11. The average molecular weight is 481 g/mol. The Balaban J connectivity index is 1.66. The molecule has 0 bridgehead atoms. The van der Waals surface area contributed by atoms with E-state index in [1.165, 1.54) is 5.56 Å². The number of benzene rings is 3. The van der Waals surface area contributed by atoms with E-state index in [0.717, 1.165) is 34.0 Å². The number of ether oxygens (including phenoxy) is 1. The summed E-state index contributed by atoms with van der Waals surface area (Å²) in [5, 5.41) is 2.77. The van der Waals surface area contributed by atoms with Crippen LogP contribution in [0.15, 0.2) is 77.7 Å². The average Bonchev–Trinajstić information content (AvgIpc) is 2.82. The predicted molar refractivity (Wildman–Crippen MR) is 136 cm³/mol. The molecular formula is C27H32N2O4S. The third-order valence-electron chi connectivity index (χ3n) is 5.44. The molecule has 180 valence electrons. The van der Waals surface area contributed by atoms with Gasteiger partial charge in [-0.15, -0.1) is 0 Å². The molecule has 0 fully saturated rings. The lowest BCUT2D eigenvalue weighted by Gasteiger charge is -2.25. The zero-order valence-corrected chi connectivity index (χ0v) is 20.8. The van der Waals surface area contributed by atoms with Crippen LogP contribution in [0, 0.1) is 13.8 Å². The van der Waals surface area contributed by atoms with Crippen molar-refractivity contribution in [2.75, 3.05) is 24.0 Å². The number of anilines is 1. The molecule has 7 heteroatoms. The third-order valence-corrected chi connectivity index (χ3v) is 7.21. The van der Waals surface area contributed by atoms with Crippen molar-refractivity contribution in [2.24, 2.45) is 0 Å². The van der Waals surface area contributed by atoms with Crippen molar-refractivity contribution < 1.29 is 17.9 Å². The summed E-state index contributed by atoms with van der Waals surface area (Å²) in [5.74, 6) is 0.332. The molecule has 1 N–H and O–H groups in total. The number of aryl methyl sites for hydroxylation is 3. The number of carbonyl (C=O) groups excluding carboxylic acids is 1. The number of nitrogens with zero attached hydrogens (tertiary/aromatic N) is 1. The highest BCUT2D eigenvalue weighted by molar-refractivity contribution is 7.92. The van der Waals surface area contributed by atoms with E-state index in [2.05, 4.69) is 12.2 Å². The molecule has 0 unspecified atom stereocenters. The van der Waals surface area contributed by atoms with Crippen molar-refractivity contribution in [1.82, 2.24) is 5.32 Å².